The highest BCUT2D eigenvalue weighted by atomic mass is 16.2. The fourth-order valence-corrected chi connectivity index (χ4v) is 3.16. The number of carbonyl (C=O) groups excluding carboxylic acids is 3. The van der Waals surface area contributed by atoms with E-state index in [1.54, 1.807) is 16.8 Å². The number of amides is 3. The van der Waals surface area contributed by atoms with Gasteiger partial charge in [-0.15, -0.1) is 0 Å². The van der Waals surface area contributed by atoms with Crippen molar-refractivity contribution in [3.63, 3.8) is 0 Å². The summed E-state index contributed by atoms with van der Waals surface area (Å²) in [4.78, 5) is 39.5. The fraction of sp³-hybridized carbons (Fsp3) is 0.471. The predicted molar refractivity (Wildman–Crippen MR) is 84.2 cm³/mol. The Morgan fingerprint density at radius 1 is 1.26 bits per heavy atom. The highest BCUT2D eigenvalue weighted by Gasteiger charge is 2.37. The average molecular weight is 315 g/mol. The Labute approximate surface area is 135 Å². The van der Waals surface area contributed by atoms with Gasteiger partial charge in [0.15, 0.2) is 0 Å². The monoisotopic (exact) mass is 315 g/mol. The largest absolute Gasteiger partial charge is 0.345 e. The van der Waals surface area contributed by atoms with Crippen LogP contribution in [0.3, 0.4) is 0 Å². The van der Waals surface area contributed by atoms with Crippen molar-refractivity contribution >= 4 is 17.7 Å². The number of rotatable bonds is 4. The number of nitrogens with zero attached hydrogens (tertiary/aromatic N) is 2. The third kappa shape index (κ3) is 3.36. The van der Waals surface area contributed by atoms with E-state index in [4.69, 9.17) is 0 Å². The van der Waals surface area contributed by atoms with Crippen LogP contribution in [0.2, 0.25) is 0 Å². The van der Waals surface area contributed by atoms with E-state index in [1.807, 2.05) is 30.3 Å². The molecule has 23 heavy (non-hydrogen) atoms. The molecule has 1 aromatic carbocycles. The van der Waals surface area contributed by atoms with Gasteiger partial charge in [-0.25, -0.2) is 0 Å². The third-order valence-electron chi connectivity index (χ3n) is 4.54. The van der Waals surface area contributed by atoms with Crippen molar-refractivity contribution in [3.8, 4) is 0 Å². The van der Waals surface area contributed by atoms with Crippen LogP contribution in [0.4, 0.5) is 0 Å². The molecule has 2 heterocycles. The van der Waals surface area contributed by atoms with E-state index in [1.165, 1.54) is 0 Å². The zero-order valence-electron chi connectivity index (χ0n) is 13.2. The molecule has 3 amide bonds. The molecule has 0 aliphatic carbocycles. The Kier molecular flexibility index (Phi) is 4.32. The topological polar surface area (TPSA) is 69.7 Å². The van der Waals surface area contributed by atoms with E-state index in [-0.39, 0.29) is 30.1 Å². The van der Waals surface area contributed by atoms with Crippen molar-refractivity contribution in [2.45, 2.75) is 25.4 Å². The summed E-state index contributed by atoms with van der Waals surface area (Å²) < 4.78 is 0. The van der Waals surface area contributed by atoms with Crippen molar-refractivity contribution in [2.24, 2.45) is 5.92 Å². The second-order valence-corrected chi connectivity index (χ2v) is 6.27. The zero-order chi connectivity index (χ0) is 16.4. The van der Waals surface area contributed by atoms with Crippen LogP contribution in [0.25, 0.3) is 0 Å². The van der Waals surface area contributed by atoms with Crippen molar-refractivity contribution in [3.05, 3.63) is 35.9 Å². The fourth-order valence-electron chi connectivity index (χ4n) is 3.16. The van der Waals surface area contributed by atoms with Gasteiger partial charge in [0.2, 0.25) is 17.7 Å². The molecule has 2 atom stereocenters. The minimum Gasteiger partial charge on any atom is -0.345 e. The van der Waals surface area contributed by atoms with Gasteiger partial charge in [-0.1, -0.05) is 30.3 Å². The molecule has 0 bridgehead atoms. The van der Waals surface area contributed by atoms with Gasteiger partial charge >= 0.3 is 0 Å². The molecule has 3 rings (SSSR count). The average Bonchev–Trinajstić information content (AvgIpc) is 3.05. The summed E-state index contributed by atoms with van der Waals surface area (Å²) in [5.41, 5.74) is 1.08. The van der Waals surface area contributed by atoms with Gasteiger partial charge in [-0.3, -0.25) is 14.4 Å². The minimum atomic E-state index is -0.466. The summed E-state index contributed by atoms with van der Waals surface area (Å²) in [6.45, 7) is 1.64. The van der Waals surface area contributed by atoms with Crippen LogP contribution in [0, 0.1) is 5.92 Å². The van der Waals surface area contributed by atoms with Crippen LogP contribution in [0.15, 0.2) is 30.3 Å². The predicted octanol–water partition coefficient (Wildman–Crippen LogP) is 0.382. The number of hydrogen-bond donors (Lipinski definition) is 1. The molecule has 0 aromatic heterocycles. The Balaban J connectivity index is 1.55. The lowest BCUT2D eigenvalue weighted by molar-refractivity contribution is -0.134. The Bertz CT molecular complexity index is 617. The van der Waals surface area contributed by atoms with Gasteiger partial charge in [-0.2, -0.15) is 0 Å². The molecule has 2 fully saturated rings. The van der Waals surface area contributed by atoms with Crippen molar-refractivity contribution < 1.29 is 14.4 Å². The second-order valence-electron chi connectivity index (χ2n) is 6.27. The maximum absolute atomic E-state index is 12.4. The maximum Gasteiger partial charge on any atom is 0.245 e. The Morgan fingerprint density at radius 2 is 2.00 bits per heavy atom. The summed E-state index contributed by atoms with van der Waals surface area (Å²) in [7, 11) is 1.69. The quantitative estimate of drug-likeness (QED) is 0.873. The highest BCUT2D eigenvalue weighted by molar-refractivity contribution is 5.93. The van der Waals surface area contributed by atoms with Crippen LogP contribution < -0.4 is 5.32 Å². The molecular weight excluding hydrogens is 294 g/mol. The molecule has 2 aliphatic rings. The lowest BCUT2D eigenvalue weighted by Gasteiger charge is -2.18. The molecule has 2 aliphatic heterocycles. The number of likely N-dealkylation sites (tertiary alicyclic amines) is 2. The van der Waals surface area contributed by atoms with E-state index in [2.05, 4.69) is 5.32 Å². The minimum absolute atomic E-state index is 0.0198. The first-order chi connectivity index (χ1) is 11.0. The SMILES string of the molecule is CN1C[C@H](C(=O)N[C@H]2CCN(Cc3ccccc3)C2=O)CC1=O. The molecule has 0 saturated carbocycles. The van der Waals surface area contributed by atoms with Crippen LogP contribution in [-0.2, 0) is 20.9 Å². The van der Waals surface area contributed by atoms with E-state index < -0.39 is 6.04 Å². The molecule has 1 N–H and O–H groups in total. The van der Waals surface area contributed by atoms with E-state index in [9.17, 15) is 14.4 Å². The zero-order valence-corrected chi connectivity index (χ0v) is 13.2. The number of nitrogens with one attached hydrogen (secondary N) is 1. The Morgan fingerprint density at radius 3 is 2.65 bits per heavy atom. The molecule has 0 radical (unpaired) electrons. The molecule has 1 aromatic rings. The molecule has 122 valence electrons. The van der Waals surface area contributed by atoms with Gasteiger partial charge < -0.3 is 15.1 Å². The van der Waals surface area contributed by atoms with Gasteiger partial charge in [0.1, 0.15) is 6.04 Å². The molecule has 6 heteroatoms. The van der Waals surface area contributed by atoms with Crippen molar-refractivity contribution in [1.29, 1.82) is 0 Å². The smallest absolute Gasteiger partial charge is 0.245 e. The maximum atomic E-state index is 12.4. The normalized spacial score (nSPS) is 24.4. The third-order valence-corrected chi connectivity index (χ3v) is 4.54. The van der Waals surface area contributed by atoms with Crippen molar-refractivity contribution in [2.75, 3.05) is 20.1 Å². The van der Waals surface area contributed by atoms with Gasteiger partial charge in [0, 0.05) is 33.1 Å². The molecule has 0 unspecified atom stereocenters. The lowest BCUT2D eigenvalue weighted by atomic mass is 10.1. The molecular formula is C17H21N3O3. The Hall–Kier alpha value is -2.37. The first-order valence-corrected chi connectivity index (χ1v) is 7.91. The number of benzene rings is 1. The van der Waals surface area contributed by atoms with Gasteiger partial charge in [0.25, 0.3) is 0 Å². The lowest BCUT2D eigenvalue weighted by Crippen LogP contribution is -2.44. The first-order valence-electron chi connectivity index (χ1n) is 7.91. The van der Waals surface area contributed by atoms with Crippen LogP contribution in [0.1, 0.15) is 18.4 Å². The standard InChI is InChI=1S/C17H21N3O3/c1-19-11-13(9-15(19)21)16(22)18-14-7-8-20(17(14)23)10-12-5-3-2-4-6-12/h2-6,13-14H,7-11H2,1H3,(H,18,22)/t13-,14+/m1/s1. The van der Waals surface area contributed by atoms with Crippen LogP contribution in [0.5, 0.6) is 0 Å². The summed E-state index contributed by atoms with van der Waals surface area (Å²) >= 11 is 0. The van der Waals surface area contributed by atoms with E-state index >= 15 is 0 Å². The van der Waals surface area contributed by atoms with Gasteiger partial charge in [-0.05, 0) is 12.0 Å². The molecule has 0 spiro atoms. The van der Waals surface area contributed by atoms with Crippen LogP contribution >= 0.6 is 0 Å². The van der Waals surface area contributed by atoms with Gasteiger partial charge in [0.05, 0.1) is 5.92 Å². The van der Waals surface area contributed by atoms with Crippen molar-refractivity contribution in [1.82, 2.24) is 15.1 Å². The summed E-state index contributed by atoms with van der Waals surface area (Å²) in [5.74, 6) is -0.598. The summed E-state index contributed by atoms with van der Waals surface area (Å²) in [5, 5.41) is 2.82. The first kappa shape index (κ1) is 15.5. The van der Waals surface area contributed by atoms with Crippen LogP contribution in [-0.4, -0.2) is 53.7 Å². The summed E-state index contributed by atoms with van der Waals surface area (Å²) in [6.07, 6.45) is 0.852. The van der Waals surface area contributed by atoms with E-state index in [0.717, 1.165) is 5.56 Å². The molecule has 2 saturated heterocycles. The number of hydrogen-bond acceptors (Lipinski definition) is 3. The second kappa shape index (κ2) is 6.40. The number of carbonyl (C=O) groups is 3. The molecule has 6 nitrogen and oxygen atoms in total. The van der Waals surface area contributed by atoms with E-state index in [0.29, 0.717) is 26.1 Å². The highest BCUT2D eigenvalue weighted by Crippen LogP contribution is 2.19. The summed E-state index contributed by atoms with van der Waals surface area (Å²) in [6, 6.07) is 9.34.